The van der Waals surface area contributed by atoms with Crippen LogP contribution in [0.15, 0.2) is 23.2 Å². The van der Waals surface area contributed by atoms with Crippen LogP contribution in [-0.2, 0) is 0 Å². The van der Waals surface area contributed by atoms with E-state index in [1.165, 1.54) is 12.8 Å². The molecule has 0 saturated carbocycles. The Balaban J connectivity index is 2.55. The summed E-state index contributed by atoms with van der Waals surface area (Å²) in [5.74, 6) is 0. The topological polar surface area (TPSA) is 18.8 Å². The first-order chi connectivity index (χ1) is 9.56. The number of nitrogens with zero attached hydrogens (tertiary/aromatic N) is 3. The number of unbranched alkanes of at least 4 members (excludes halogenated alkanes) is 1. The van der Waals surface area contributed by atoms with Crippen LogP contribution in [0.3, 0.4) is 0 Å². The van der Waals surface area contributed by atoms with E-state index in [2.05, 4.69) is 23.1 Å². The van der Waals surface area contributed by atoms with Gasteiger partial charge < -0.3 is 0 Å². The van der Waals surface area contributed by atoms with Crippen molar-refractivity contribution in [3.63, 3.8) is 0 Å². The normalized spacial score (nSPS) is 11.5. The lowest BCUT2D eigenvalue weighted by Crippen LogP contribution is -2.22. The van der Waals surface area contributed by atoms with Gasteiger partial charge in [0.15, 0.2) is 0 Å². The van der Waals surface area contributed by atoms with Crippen molar-refractivity contribution in [1.29, 1.82) is 0 Å². The summed E-state index contributed by atoms with van der Waals surface area (Å²) in [6.07, 6.45) is 4.30. The second-order valence-corrected chi connectivity index (χ2v) is 6.37. The molecule has 1 aromatic carbocycles. The molecule has 0 bridgehead atoms. The van der Waals surface area contributed by atoms with E-state index in [0.29, 0.717) is 0 Å². The molecule has 5 heteroatoms. The maximum atomic E-state index is 5.94. The zero-order valence-corrected chi connectivity index (χ0v) is 14.3. The number of aryl methyl sites for hydroxylation is 1. The van der Waals surface area contributed by atoms with Crippen molar-refractivity contribution in [2.75, 3.05) is 20.1 Å². The monoisotopic (exact) mass is 313 g/mol. The molecule has 0 spiro atoms. The average Bonchev–Trinajstić information content (AvgIpc) is 2.42. The molecule has 3 nitrogen and oxygen atoms in total. The van der Waals surface area contributed by atoms with Gasteiger partial charge in [0.2, 0.25) is 0 Å². The molecule has 0 heterocycles. The van der Waals surface area contributed by atoms with Crippen molar-refractivity contribution in [2.45, 2.75) is 33.6 Å². The molecule has 0 fully saturated rings. The standard InChI is InChI=1S/C15H24ClN3S/c1-5-7-10-19(6-2)20-18(4)12-17-15-9-8-14(16)11-13(15)3/h8-9,11-12H,5-7,10H2,1-4H3. The number of halogens is 1. The van der Waals surface area contributed by atoms with Gasteiger partial charge in [-0.1, -0.05) is 31.9 Å². The number of hydrogen-bond donors (Lipinski definition) is 0. The summed E-state index contributed by atoms with van der Waals surface area (Å²) in [6.45, 7) is 8.55. The van der Waals surface area contributed by atoms with Gasteiger partial charge in [0.1, 0.15) is 6.34 Å². The highest BCUT2D eigenvalue weighted by Crippen LogP contribution is 2.22. The Kier molecular flexibility index (Phi) is 8.04. The SMILES string of the molecule is CCCCN(CC)SN(C)C=Nc1ccc(Cl)cc1C. The number of hydrogen-bond acceptors (Lipinski definition) is 3. The predicted octanol–water partition coefficient (Wildman–Crippen LogP) is 4.93. The fourth-order valence-electron chi connectivity index (χ4n) is 1.70. The van der Waals surface area contributed by atoms with Gasteiger partial charge in [-0.2, -0.15) is 0 Å². The summed E-state index contributed by atoms with van der Waals surface area (Å²) in [7, 11) is 2.02. The van der Waals surface area contributed by atoms with E-state index in [9.17, 15) is 0 Å². The van der Waals surface area contributed by atoms with Gasteiger partial charge in [-0.15, -0.1) is 0 Å². The molecule has 1 aromatic rings. The van der Waals surface area contributed by atoms with Gasteiger partial charge in [-0.3, -0.25) is 4.31 Å². The van der Waals surface area contributed by atoms with Crippen molar-refractivity contribution in [1.82, 2.24) is 8.61 Å². The van der Waals surface area contributed by atoms with Gasteiger partial charge in [-0.05, 0) is 37.1 Å². The van der Waals surface area contributed by atoms with Crippen LogP contribution >= 0.6 is 23.7 Å². The lowest BCUT2D eigenvalue weighted by Gasteiger charge is -2.23. The number of rotatable bonds is 8. The van der Waals surface area contributed by atoms with Gasteiger partial charge in [-0.25, -0.2) is 9.30 Å². The molecule has 0 aliphatic carbocycles. The molecule has 20 heavy (non-hydrogen) atoms. The van der Waals surface area contributed by atoms with E-state index in [1.807, 2.05) is 42.8 Å². The van der Waals surface area contributed by atoms with Crippen LogP contribution in [0.1, 0.15) is 32.3 Å². The van der Waals surface area contributed by atoms with Crippen LogP contribution in [0.25, 0.3) is 0 Å². The Morgan fingerprint density at radius 2 is 2.10 bits per heavy atom. The third kappa shape index (κ3) is 6.16. The lowest BCUT2D eigenvalue weighted by molar-refractivity contribution is 0.468. The van der Waals surface area contributed by atoms with E-state index in [-0.39, 0.29) is 0 Å². The fraction of sp³-hybridized carbons (Fsp3) is 0.533. The fourth-order valence-corrected chi connectivity index (χ4v) is 2.71. The smallest absolute Gasteiger partial charge is 0.102 e. The van der Waals surface area contributed by atoms with Crippen LogP contribution in [-0.4, -0.2) is 35.1 Å². The van der Waals surface area contributed by atoms with E-state index < -0.39 is 0 Å². The van der Waals surface area contributed by atoms with Gasteiger partial charge in [0.25, 0.3) is 0 Å². The lowest BCUT2D eigenvalue weighted by atomic mass is 10.2. The van der Waals surface area contributed by atoms with Crippen molar-refractivity contribution in [3.05, 3.63) is 28.8 Å². The molecule has 0 aliphatic heterocycles. The number of aliphatic imine (C=N–C) groups is 1. The predicted molar refractivity (Wildman–Crippen MR) is 91.9 cm³/mol. The molecule has 1 rings (SSSR count). The minimum Gasteiger partial charge on any atom is -0.297 e. The molecule has 0 atom stereocenters. The average molecular weight is 314 g/mol. The first-order valence-electron chi connectivity index (χ1n) is 7.03. The van der Waals surface area contributed by atoms with Crippen LogP contribution in [0, 0.1) is 6.92 Å². The summed E-state index contributed by atoms with van der Waals surface area (Å²) >= 11 is 7.65. The first kappa shape index (κ1) is 17.3. The Morgan fingerprint density at radius 3 is 2.70 bits per heavy atom. The second kappa shape index (κ2) is 9.27. The summed E-state index contributed by atoms with van der Waals surface area (Å²) in [6, 6.07) is 5.75. The minimum atomic E-state index is 0.751. The Bertz CT molecular complexity index is 437. The largest absolute Gasteiger partial charge is 0.297 e. The van der Waals surface area contributed by atoms with Crippen LogP contribution in [0.4, 0.5) is 5.69 Å². The number of benzene rings is 1. The molecule has 0 saturated heterocycles. The molecule has 0 unspecified atom stereocenters. The van der Waals surface area contributed by atoms with Crippen LogP contribution in [0.2, 0.25) is 5.02 Å². The summed E-state index contributed by atoms with van der Waals surface area (Å²) in [4.78, 5) is 4.51. The van der Waals surface area contributed by atoms with Crippen molar-refractivity contribution >= 4 is 35.8 Å². The minimum absolute atomic E-state index is 0.751. The highest BCUT2D eigenvalue weighted by molar-refractivity contribution is 7.95. The Labute approximate surface area is 132 Å². The first-order valence-corrected chi connectivity index (χ1v) is 8.13. The quantitative estimate of drug-likeness (QED) is 0.385. The van der Waals surface area contributed by atoms with E-state index in [0.717, 1.165) is 29.4 Å². The summed E-state index contributed by atoms with van der Waals surface area (Å²) < 4.78 is 4.37. The summed E-state index contributed by atoms with van der Waals surface area (Å²) in [5.41, 5.74) is 2.05. The van der Waals surface area contributed by atoms with Crippen LogP contribution in [0.5, 0.6) is 0 Å². The second-order valence-electron chi connectivity index (χ2n) is 4.68. The van der Waals surface area contributed by atoms with Crippen molar-refractivity contribution in [2.24, 2.45) is 4.99 Å². The molecule has 0 amide bonds. The van der Waals surface area contributed by atoms with Gasteiger partial charge in [0, 0.05) is 37.3 Å². The third-order valence-corrected chi connectivity index (χ3v) is 4.13. The van der Waals surface area contributed by atoms with E-state index in [4.69, 9.17) is 11.6 Å². The van der Waals surface area contributed by atoms with E-state index >= 15 is 0 Å². The molecule has 112 valence electrons. The highest BCUT2D eigenvalue weighted by Gasteiger charge is 2.05. The zero-order valence-electron chi connectivity index (χ0n) is 12.8. The molecule has 0 aromatic heterocycles. The van der Waals surface area contributed by atoms with Crippen LogP contribution < -0.4 is 0 Å². The molecule has 0 radical (unpaired) electrons. The van der Waals surface area contributed by atoms with Crippen molar-refractivity contribution in [3.8, 4) is 0 Å². The van der Waals surface area contributed by atoms with E-state index in [1.54, 1.807) is 12.1 Å². The van der Waals surface area contributed by atoms with Gasteiger partial charge in [0.05, 0.1) is 5.69 Å². The Morgan fingerprint density at radius 1 is 1.35 bits per heavy atom. The van der Waals surface area contributed by atoms with Gasteiger partial charge >= 0.3 is 0 Å². The molecular formula is C15H24ClN3S. The maximum absolute atomic E-state index is 5.94. The molecule has 0 aliphatic rings. The highest BCUT2D eigenvalue weighted by atomic mass is 35.5. The van der Waals surface area contributed by atoms with Crippen molar-refractivity contribution < 1.29 is 0 Å². The summed E-state index contributed by atoms with van der Waals surface area (Å²) in [5, 5.41) is 0.751. The maximum Gasteiger partial charge on any atom is 0.102 e. The third-order valence-electron chi connectivity index (χ3n) is 2.88. The molecule has 0 N–H and O–H groups in total. The Hall–Kier alpha value is -0.710. The zero-order chi connectivity index (χ0) is 15.0. The molecular weight excluding hydrogens is 290 g/mol.